The smallest absolute Gasteiger partial charge is 0.326 e. The Labute approximate surface area is 123 Å². The molecule has 120 valence electrons. The van der Waals surface area contributed by atoms with Crippen molar-refractivity contribution in [3.63, 3.8) is 0 Å². The Morgan fingerprint density at radius 1 is 1.14 bits per heavy atom. The van der Waals surface area contributed by atoms with Gasteiger partial charge in [-0.3, -0.25) is 14.4 Å². The molecule has 0 aromatic heterocycles. The molecular weight excluding hydrogens is 280 g/mol. The standard InChI is InChI=1S/C13H22N2O6/c1-7(14-8(2)16)11(18)15-9(12(19)20)6-10(17)21-13(3,4)5/h7,9H,6H2,1-5H3,(H,14,16)(H,15,18)(H,19,20)/t7?,9-/m0/s1. The third-order valence-electron chi connectivity index (χ3n) is 2.22. The van der Waals surface area contributed by atoms with Crippen LogP contribution in [0, 0.1) is 0 Å². The molecule has 0 aromatic rings. The first-order valence-electron chi connectivity index (χ1n) is 6.44. The van der Waals surface area contributed by atoms with Crippen LogP contribution in [-0.4, -0.2) is 46.5 Å². The van der Waals surface area contributed by atoms with Gasteiger partial charge in [-0.25, -0.2) is 4.79 Å². The fourth-order valence-electron chi connectivity index (χ4n) is 1.42. The number of hydrogen-bond acceptors (Lipinski definition) is 5. The second-order valence-corrected chi connectivity index (χ2v) is 5.61. The van der Waals surface area contributed by atoms with Crippen LogP contribution >= 0.6 is 0 Å². The van der Waals surface area contributed by atoms with E-state index in [9.17, 15) is 19.2 Å². The summed E-state index contributed by atoms with van der Waals surface area (Å²) in [6.07, 6.45) is -0.495. The number of carbonyl (C=O) groups is 4. The van der Waals surface area contributed by atoms with Crippen LogP contribution in [0.25, 0.3) is 0 Å². The quantitative estimate of drug-likeness (QED) is 0.585. The maximum Gasteiger partial charge on any atom is 0.326 e. The molecule has 21 heavy (non-hydrogen) atoms. The van der Waals surface area contributed by atoms with E-state index in [-0.39, 0.29) is 0 Å². The molecule has 0 radical (unpaired) electrons. The Morgan fingerprint density at radius 3 is 2.05 bits per heavy atom. The van der Waals surface area contributed by atoms with Crippen LogP contribution in [0.1, 0.15) is 41.0 Å². The summed E-state index contributed by atoms with van der Waals surface area (Å²) < 4.78 is 5.00. The summed E-state index contributed by atoms with van der Waals surface area (Å²) in [5.41, 5.74) is -0.742. The van der Waals surface area contributed by atoms with Gasteiger partial charge in [-0.15, -0.1) is 0 Å². The van der Waals surface area contributed by atoms with E-state index in [1.165, 1.54) is 13.8 Å². The van der Waals surface area contributed by atoms with Crippen molar-refractivity contribution < 1.29 is 29.0 Å². The lowest BCUT2D eigenvalue weighted by molar-refractivity contribution is -0.158. The first-order valence-corrected chi connectivity index (χ1v) is 6.44. The summed E-state index contributed by atoms with van der Waals surface area (Å²) in [6.45, 7) is 7.59. The highest BCUT2D eigenvalue weighted by Crippen LogP contribution is 2.09. The number of amides is 2. The molecule has 0 fully saturated rings. The van der Waals surface area contributed by atoms with Gasteiger partial charge in [-0.1, -0.05) is 0 Å². The number of nitrogens with one attached hydrogen (secondary N) is 2. The molecule has 0 bridgehead atoms. The Kier molecular flexibility index (Phi) is 6.84. The van der Waals surface area contributed by atoms with Crippen LogP contribution < -0.4 is 10.6 Å². The molecule has 2 atom stereocenters. The van der Waals surface area contributed by atoms with Crippen molar-refractivity contribution in [3.8, 4) is 0 Å². The highest BCUT2D eigenvalue weighted by molar-refractivity contribution is 5.91. The molecule has 8 nitrogen and oxygen atoms in total. The van der Waals surface area contributed by atoms with Gasteiger partial charge in [0, 0.05) is 6.92 Å². The lowest BCUT2D eigenvalue weighted by Gasteiger charge is -2.22. The van der Waals surface area contributed by atoms with Gasteiger partial charge in [0.05, 0.1) is 6.42 Å². The third-order valence-corrected chi connectivity index (χ3v) is 2.22. The minimum Gasteiger partial charge on any atom is -0.480 e. The van der Waals surface area contributed by atoms with Crippen molar-refractivity contribution in [1.29, 1.82) is 0 Å². The molecule has 2 amide bonds. The predicted octanol–water partition coefficient (Wildman–Crippen LogP) is -0.188. The molecule has 0 saturated heterocycles. The van der Waals surface area contributed by atoms with E-state index in [0.29, 0.717) is 0 Å². The number of ether oxygens (including phenoxy) is 1. The summed E-state index contributed by atoms with van der Waals surface area (Å²) in [6, 6.07) is -2.31. The van der Waals surface area contributed by atoms with E-state index in [2.05, 4.69) is 10.6 Å². The normalized spacial score (nSPS) is 13.8. The number of carbonyl (C=O) groups excluding carboxylic acids is 3. The van der Waals surface area contributed by atoms with E-state index in [1.54, 1.807) is 20.8 Å². The fourth-order valence-corrected chi connectivity index (χ4v) is 1.42. The Bertz CT molecular complexity index is 427. The zero-order chi connectivity index (χ0) is 16.8. The molecule has 0 aliphatic rings. The molecule has 3 N–H and O–H groups in total. The van der Waals surface area contributed by atoms with Gasteiger partial charge in [0.15, 0.2) is 0 Å². The molecule has 0 saturated carbocycles. The Balaban J connectivity index is 4.64. The second-order valence-electron chi connectivity index (χ2n) is 5.61. The van der Waals surface area contributed by atoms with Gasteiger partial charge in [-0.2, -0.15) is 0 Å². The van der Waals surface area contributed by atoms with Gasteiger partial charge < -0.3 is 20.5 Å². The van der Waals surface area contributed by atoms with Gasteiger partial charge >= 0.3 is 11.9 Å². The highest BCUT2D eigenvalue weighted by Gasteiger charge is 2.28. The topological polar surface area (TPSA) is 122 Å². The first-order chi connectivity index (χ1) is 9.42. The number of carboxylic acid groups (broad SMARTS) is 1. The van der Waals surface area contributed by atoms with Crippen LogP contribution in [0.15, 0.2) is 0 Å². The molecule has 0 aliphatic heterocycles. The van der Waals surface area contributed by atoms with E-state index in [0.717, 1.165) is 0 Å². The summed E-state index contributed by atoms with van der Waals surface area (Å²) in [4.78, 5) is 45.2. The maximum atomic E-state index is 11.7. The lowest BCUT2D eigenvalue weighted by atomic mass is 10.1. The van der Waals surface area contributed by atoms with Crippen LogP contribution in [0.5, 0.6) is 0 Å². The number of rotatable bonds is 6. The summed E-state index contributed by atoms with van der Waals surface area (Å²) in [7, 11) is 0. The largest absolute Gasteiger partial charge is 0.480 e. The zero-order valence-corrected chi connectivity index (χ0v) is 12.9. The third kappa shape index (κ3) is 8.61. The molecule has 0 aliphatic carbocycles. The van der Waals surface area contributed by atoms with Crippen molar-refractivity contribution in [2.45, 2.75) is 58.7 Å². The van der Waals surface area contributed by atoms with Crippen molar-refractivity contribution >= 4 is 23.8 Å². The zero-order valence-electron chi connectivity index (χ0n) is 12.9. The van der Waals surface area contributed by atoms with Gasteiger partial charge in [-0.05, 0) is 27.7 Å². The molecular formula is C13H22N2O6. The predicted molar refractivity (Wildman–Crippen MR) is 73.3 cm³/mol. The molecule has 0 aromatic carbocycles. The average Bonchev–Trinajstić information content (AvgIpc) is 2.23. The van der Waals surface area contributed by atoms with E-state index in [1.807, 2.05) is 0 Å². The number of hydrogen-bond donors (Lipinski definition) is 3. The Morgan fingerprint density at radius 2 is 1.67 bits per heavy atom. The van der Waals surface area contributed by atoms with E-state index >= 15 is 0 Å². The van der Waals surface area contributed by atoms with Crippen molar-refractivity contribution in [2.24, 2.45) is 0 Å². The number of esters is 1. The van der Waals surface area contributed by atoms with Crippen molar-refractivity contribution in [3.05, 3.63) is 0 Å². The molecule has 0 spiro atoms. The van der Waals surface area contributed by atoms with Crippen LogP contribution in [0.2, 0.25) is 0 Å². The number of carboxylic acids is 1. The second kappa shape index (κ2) is 7.61. The lowest BCUT2D eigenvalue weighted by Crippen LogP contribution is -2.50. The number of aliphatic carboxylic acids is 1. The van der Waals surface area contributed by atoms with Crippen LogP contribution in [0.4, 0.5) is 0 Å². The molecule has 1 unspecified atom stereocenters. The highest BCUT2D eigenvalue weighted by atomic mass is 16.6. The van der Waals surface area contributed by atoms with Crippen molar-refractivity contribution in [2.75, 3.05) is 0 Å². The minimum absolute atomic E-state index is 0.420. The van der Waals surface area contributed by atoms with E-state index in [4.69, 9.17) is 9.84 Å². The fraction of sp³-hybridized carbons (Fsp3) is 0.692. The minimum atomic E-state index is -1.41. The van der Waals surface area contributed by atoms with Crippen LogP contribution in [-0.2, 0) is 23.9 Å². The first kappa shape index (κ1) is 18.9. The molecule has 0 heterocycles. The van der Waals surface area contributed by atoms with Crippen molar-refractivity contribution in [1.82, 2.24) is 10.6 Å². The van der Waals surface area contributed by atoms with Crippen LogP contribution in [0.3, 0.4) is 0 Å². The summed E-state index contributed by atoms with van der Waals surface area (Å²) >= 11 is 0. The van der Waals surface area contributed by atoms with Gasteiger partial charge in [0.2, 0.25) is 11.8 Å². The summed E-state index contributed by atoms with van der Waals surface area (Å²) in [5.74, 6) is -3.20. The van der Waals surface area contributed by atoms with E-state index < -0.39 is 47.9 Å². The molecule has 8 heteroatoms. The summed E-state index contributed by atoms with van der Waals surface area (Å²) in [5, 5.41) is 13.5. The van der Waals surface area contributed by atoms with Gasteiger partial charge in [0.25, 0.3) is 0 Å². The SMILES string of the molecule is CC(=O)NC(C)C(=O)N[C@@H](CC(=O)OC(C)(C)C)C(=O)O. The average molecular weight is 302 g/mol. The monoisotopic (exact) mass is 302 g/mol. The molecule has 0 rings (SSSR count). The Hall–Kier alpha value is -2.12. The maximum absolute atomic E-state index is 11.7. The van der Waals surface area contributed by atoms with Gasteiger partial charge in [0.1, 0.15) is 17.7 Å².